The van der Waals surface area contributed by atoms with Gasteiger partial charge < -0.3 is 15.0 Å². The summed E-state index contributed by atoms with van der Waals surface area (Å²) in [6.07, 6.45) is 1.06. The molecule has 1 aromatic heterocycles. The zero-order valence-corrected chi connectivity index (χ0v) is 10.7. The number of benzene rings is 1. The maximum absolute atomic E-state index is 13.9. The third-order valence-corrected chi connectivity index (χ3v) is 2.71. The van der Waals surface area contributed by atoms with E-state index in [0.717, 1.165) is 12.3 Å². The molecule has 0 aliphatic carbocycles. The second-order valence-corrected chi connectivity index (χ2v) is 4.04. The van der Waals surface area contributed by atoms with Gasteiger partial charge in [0.05, 0.1) is 11.6 Å². The lowest BCUT2D eigenvalue weighted by Gasteiger charge is -2.08. The highest BCUT2D eigenvalue weighted by Crippen LogP contribution is 2.34. The summed E-state index contributed by atoms with van der Waals surface area (Å²) in [7, 11) is 0. The molecule has 0 saturated carbocycles. The second-order valence-electron chi connectivity index (χ2n) is 3.64. The van der Waals surface area contributed by atoms with Crippen LogP contribution in [0.25, 0.3) is 11.3 Å². The van der Waals surface area contributed by atoms with Crippen molar-refractivity contribution in [1.82, 2.24) is 5.16 Å². The smallest absolute Gasteiger partial charge is 0.254 e. The number of primary amides is 1. The fraction of sp³-hybridized carbons (Fsp3) is 0.167. The summed E-state index contributed by atoms with van der Waals surface area (Å²) < 4.78 is 23.8. The van der Waals surface area contributed by atoms with Crippen molar-refractivity contribution >= 4 is 17.5 Å². The molecule has 2 N–H and O–H groups in total. The summed E-state index contributed by atoms with van der Waals surface area (Å²) >= 11 is 5.84. The highest BCUT2D eigenvalue weighted by molar-refractivity contribution is 6.32. The molecule has 0 saturated heterocycles. The van der Waals surface area contributed by atoms with Crippen LogP contribution in [-0.4, -0.2) is 17.7 Å². The van der Waals surface area contributed by atoms with Gasteiger partial charge in [0, 0.05) is 5.56 Å². The van der Waals surface area contributed by atoms with Crippen molar-refractivity contribution in [2.24, 2.45) is 5.73 Å². The Morgan fingerprint density at radius 1 is 1.58 bits per heavy atom. The lowest BCUT2D eigenvalue weighted by atomic mass is 10.1. The molecule has 0 atom stereocenters. The van der Waals surface area contributed by atoms with Gasteiger partial charge in [0.25, 0.3) is 5.91 Å². The van der Waals surface area contributed by atoms with Crippen molar-refractivity contribution in [2.75, 3.05) is 6.61 Å². The third kappa shape index (κ3) is 2.53. The van der Waals surface area contributed by atoms with Crippen LogP contribution in [0.5, 0.6) is 5.75 Å². The Morgan fingerprint density at radius 2 is 2.32 bits per heavy atom. The molecular formula is C12H10ClFN2O3. The summed E-state index contributed by atoms with van der Waals surface area (Å²) in [5.74, 6) is -1.12. The minimum atomic E-state index is -0.761. The molecule has 5 nitrogen and oxygen atoms in total. The number of aromatic nitrogens is 1. The summed E-state index contributed by atoms with van der Waals surface area (Å²) in [6.45, 7) is 2.14. The first-order valence-corrected chi connectivity index (χ1v) is 5.78. The quantitative estimate of drug-likeness (QED) is 0.936. The van der Waals surface area contributed by atoms with E-state index in [-0.39, 0.29) is 21.8 Å². The molecule has 2 aromatic rings. The number of rotatable bonds is 4. The Hall–Kier alpha value is -2.08. The molecular weight excluding hydrogens is 275 g/mol. The molecule has 1 heterocycles. The van der Waals surface area contributed by atoms with Crippen molar-refractivity contribution in [3.05, 3.63) is 34.8 Å². The summed E-state index contributed by atoms with van der Waals surface area (Å²) in [6, 6.07) is 2.44. The largest absolute Gasteiger partial charge is 0.492 e. The maximum atomic E-state index is 13.9. The van der Waals surface area contributed by atoms with Crippen LogP contribution >= 0.6 is 11.6 Å². The van der Waals surface area contributed by atoms with Crippen LogP contribution in [-0.2, 0) is 0 Å². The number of hydrogen-bond acceptors (Lipinski definition) is 4. The zero-order valence-electron chi connectivity index (χ0n) is 9.94. The molecule has 7 heteroatoms. The second kappa shape index (κ2) is 5.27. The van der Waals surface area contributed by atoms with E-state index in [1.54, 1.807) is 6.92 Å². The monoisotopic (exact) mass is 284 g/mol. The fourth-order valence-electron chi connectivity index (χ4n) is 1.58. The predicted molar refractivity (Wildman–Crippen MR) is 66.6 cm³/mol. The molecule has 0 fully saturated rings. The first-order chi connectivity index (χ1) is 9.04. The average molecular weight is 285 g/mol. The number of carbonyl (C=O) groups is 1. The molecule has 19 heavy (non-hydrogen) atoms. The lowest BCUT2D eigenvalue weighted by Crippen LogP contribution is -2.11. The third-order valence-electron chi connectivity index (χ3n) is 2.41. The van der Waals surface area contributed by atoms with Gasteiger partial charge in [-0.2, -0.15) is 0 Å². The molecule has 0 aliphatic rings. The van der Waals surface area contributed by atoms with Gasteiger partial charge in [0.15, 0.2) is 0 Å². The molecule has 0 bridgehead atoms. The molecule has 1 aromatic carbocycles. The Kier molecular flexibility index (Phi) is 3.71. The number of halogens is 2. The maximum Gasteiger partial charge on any atom is 0.254 e. The fourth-order valence-corrected chi connectivity index (χ4v) is 1.79. The van der Waals surface area contributed by atoms with Crippen LogP contribution in [0.15, 0.2) is 22.9 Å². The minimum Gasteiger partial charge on any atom is -0.492 e. The Balaban J connectivity index is 2.58. The molecule has 1 amide bonds. The molecule has 0 unspecified atom stereocenters. The summed E-state index contributed by atoms with van der Waals surface area (Å²) in [4.78, 5) is 11.2. The summed E-state index contributed by atoms with van der Waals surface area (Å²) in [5.41, 5.74) is 5.20. The van der Waals surface area contributed by atoms with E-state index in [2.05, 4.69) is 9.68 Å². The van der Waals surface area contributed by atoms with Crippen LogP contribution in [0.2, 0.25) is 5.02 Å². The lowest BCUT2D eigenvalue weighted by molar-refractivity contribution is 0.1000. The van der Waals surface area contributed by atoms with E-state index >= 15 is 0 Å². The van der Waals surface area contributed by atoms with Gasteiger partial charge in [0.1, 0.15) is 29.1 Å². The van der Waals surface area contributed by atoms with Gasteiger partial charge in [-0.05, 0) is 19.1 Å². The van der Waals surface area contributed by atoms with E-state index in [0.29, 0.717) is 12.4 Å². The molecule has 0 radical (unpaired) electrons. The predicted octanol–water partition coefficient (Wildman–Crippen LogP) is 2.63. The number of amides is 1. The molecule has 2 rings (SSSR count). The first kappa shape index (κ1) is 13.4. The van der Waals surface area contributed by atoms with Crippen LogP contribution < -0.4 is 10.5 Å². The SMILES string of the molecule is CCOc1cc(-c2nocc2C(N)=O)c(F)cc1Cl. The summed E-state index contributed by atoms with van der Waals surface area (Å²) in [5, 5.41) is 3.72. The van der Waals surface area contributed by atoms with Gasteiger partial charge in [-0.15, -0.1) is 0 Å². The Morgan fingerprint density at radius 3 is 2.95 bits per heavy atom. The molecule has 0 spiro atoms. The number of nitrogens with two attached hydrogens (primary N) is 1. The van der Waals surface area contributed by atoms with Gasteiger partial charge >= 0.3 is 0 Å². The van der Waals surface area contributed by atoms with Gasteiger partial charge in [-0.25, -0.2) is 4.39 Å². The van der Waals surface area contributed by atoms with E-state index in [4.69, 9.17) is 22.1 Å². The number of nitrogens with zero attached hydrogens (tertiary/aromatic N) is 1. The van der Waals surface area contributed by atoms with Crippen LogP contribution in [0.3, 0.4) is 0 Å². The first-order valence-electron chi connectivity index (χ1n) is 5.41. The van der Waals surface area contributed by atoms with Gasteiger partial charge in [0.2, 0.25) is 0 Å². The molecule has 0 aliphatic heterocycles. The van der Waals surface area contributed by atoms with Crippen molar-refractivity contribution in [2.45, 2.75) is 6.92 Å². The van der Waals surface area contributed by atoms with E-state index < -0.39 is 11.7 Å². The highest BCUT2D eigenvalue weighted by Gasteiger charge is 2.20. The van der Waals surface area contributed by atoms with Gasteiger partial charge in [-0.3, -0.25) is 4.79 Å². The zero-order chi connectivity index (χ0) is 14.0. The highest BCUT2D eigenvalue weighted by atomic mass is 35.5. The van der Waals surface area contributed by atoms with E-state index in [9.17, 15) is 9.18 Å². The number of hydrogen-bond donors (Lipinski definition) is 1. The van der Waals surface area contributed by atoms with Crippen molar-refractivity contribution in [1.29, 1.82) is 0 Å². The van der Waals surface area contributed by atoms with E-state index in [1.807, 2.05) is 0 Å². The minimum absolute atomic E-state index is 0.0105. The molecule has 100 valence electrons. The van der Waals surface area contributed by atoms with Crippen LogP contribution in [0.4, 0.5) is 4.39 Å². The van der Waals surface area contributed by atoms with Crippen molar-refractivity contribution in [3.63, 3.8) is 0 Å². The van der Waals surface area contributed by atoms with Crippen LogP contribution in [0.1, 0.15) is 17.3 Å². The van der Waals surface area contributed by atoms with E-state index in [1.165, 1.54) is 6.07 Å². The average Bonchev–Trinajstić information content (AvgIpc) is 2.81. The Labute approximate surface area is 113 Å². The Bertz CT molecular complexity index is 627. The van der Waals surface area contributed by atoms with Crippen molar-refractivity contribution in [3.8, 4) is 17.0 Å². The number of ether oxygens (including phenoxy) is 1. The topological polar surface area (TPSA) is 78.3 Å². The standard InChI is InChI=1S/C12H10ClFN2O3/c1-2-18-10-3-6(9(14)4-8(10)13)11-7(12(15)17)5-19-16-11/h3-5H,2H2,1H3,(H2,15,17). The van der Waals surface area contributed by atoms with Crippen LogP contribution in [0, 0.1) is 5.82 Å². The van der Waals surface area contributed by atoms with Gasteiger partial charge in [-0.1, -0.05) is 16.8 Å². The van der Waals surface area contributed by atoms with Crippen molar-refractivity contribution < 1.29 is 18.4 Å². The normalized spacial score (nSPS) is 10.5. The number of carbonyl (C=O) groups excluding carboxylic acids is 1.